The molecule has 0 heterocycles. The lowest BCUT2D eigenvalue weighted by Crippen LogP contribution is -2.40. The summed E-state index contributed by atoms with van der Waals surface area (Å²) in [6.45, 7) is 1.94. The molecule has 0 saturated heterocycles. The number of carbonyl (C=O) groups excluding carboxylic acids is 2. The molecule has 0 fully saturated rings. The van der Waals surface area contributed by atoms with E-state index in [-0.39, 0.29) is 5.91 Å². The van der Waals surface area contributed by atoms with E-state index in [0.717, 1.165) is 16.9 Å². The van der Waals surface area contributed by atoms with Gasteiger partial charge in [0.05, 0.1) is 7.11 Å². The Morgan fingerprint density at radius 3 is 2.22 bits per heavy atom. The average Bonchev–Trinajstić information content (AvgIpc) is 2.59. The molecule has 0 aliphatic heterocycles. The van der Waals surface area contributed by atoms with E-state index in [0.29, 0.717) is 5.56 Å². The van der Waals surface area contributed by atoms with Crippen molar-refractivity contribution in [2.75, 3.05) is 7.11 Å². The Morgan fingerprint density at radius 1 is 0.957 bits per heavy atom. The molecule has 2 aromatic carbocycles. The molecule has 2 aromatic rings. The minimum Gasteiger partial charge on any atom is -0.497 e. The Kier molecular flexibility index (Phi) is 5.52. The van der Waals surface area contributed by atoms with Gasteiger partial charge in [-0.05, 0) is 42.8 Å². The minimum atomic E-state index is -0.415. The first-order valence-electron chi connectivity index (χ1n) is 7.07. The number of hydrazine groups is 1. The summed E-state index contributed by atoms with van der Waals surface area (Å²) >= 11 is 0. The summed E-state index contributed by atoms with van der Waals surface area (Å²) in [7, 11) is 1.59. The van der Waals surface area contributed by atoms with Crippen LogP contribution < -0.4 is 15.6 Å². The largest absolute Gasteiger partial charge is 0.497 e. The van der Waals surface area contributed by atoms with E-state index in [4.69, 9.17) is 4.74 Å². The van der Waals surface area contributed by atoms with E-state index in [1.54, 1.807) is 37.5 Å². The zero-order valence-electron chi connectivity index (χ0n) is 13.0. The first kappa shape index (κ1) is 16.3. The molecular formula is C18H18N2O3. The maximum Gasteiger partial charge on any atom is 0.269 e. The molecular weight excluding hydrogens is 292 g/mol. The van der Waals surface area contributed by atoms with Crippen LogP contribution in [0.1, 0.15) is 21.5 Å². The van der Waals surface area contributed by atoms with Gasteiger partial charge in [0.2, 0.25) is 0 Å². The number of nitrogens with one attached hydrogen (secondary N) is 2. The van der Waals surface area contributed by atoms with Crippen LogP contribution in [0, 0.1) is 6.92 Å². The molecule has 2 N–H and O–H groups in total. The highest BCUT2D eigenvalue weighted by molar-refractivity contribution is 5.97. The third-order valence-corrected chi connectivity index (χ3v) is 3.16. The van der Waals surface area contributed by atoms with E-state index in [1.807, 2.05) is 31.2 Å². The molecule has 2 rings (SSSR count). The molecule has 0 aliphatic rings. The Balaban J connectivity index is 1.85. The standard InChI is InChI=1S/C18H18N2O3/c1-13-3-8-15(9-4-13)18(22)20-19-17(21)12-7-14-5-10-16(23-2)11-6-14/h3-12H,1-2H3,(H,19,21)(H,20,22). The van der Waals surface area contributed by atoms with E-state index < -0.39 is 5.91 Å². The van der Waals surface area contributed by atoms with Gasteiger partial charge in [-0.15, -0.1) is 0 Å². The molecule has 0 bridgehead atoms. The molecule has 5 heteroatoms. The van der Waals surface area contributed by atoms with Gasteiger partial charge in [0.15, 0.2) is 0 Å². The molecule has 0 aromatic heterocycles. The van der Waals surface area contributed by atoms with Gasteiger partial charge in [-0.3, -0.25) is 20.4 Å². The molecule has 0 saturated carbocycles. The quantitative estimate of drug-likeness (QED) is 0.673. The fraction of sp³-hybridized carbons (Fsp3) is 0.111. The highest BCUT2D eigenvalue weighted by atomic mass is 16.5. The second kappa shape index (κ2) is 7.79. The van der Waals surface area contributed by atoms with E-state index >= 15 is 0 Å². The molecule has 0 atom stereocenters. The topological polar surface area (TPSA) is 67.4 Å². The average molecular weight is 310 g/mol. The SMILES string of the molecule is COc1ccc(C=CC(=O)NNC(=O)c2ccc(C)cc2)cc1. The van der Waals surface area contributed by atoms with Crippen molar-refractivity contribution in [3.05, 3.63) is 71.3 Å². The van der Waals surface area contributed by atoms with Crippen LogP contribution >= 0.6 is 0 Å². The van der Waals surface area contributed by atoms with Crippen molar-refractivity contribution in [3.8, 4) is 5.75 Å². The lowest BCUT2D eigenvalue weighted by molar-refractivity contribution is -0.117. The van der Waals surface area contributed by atoms with Gasteiger partial charge in [-0.2, -0.15) is 0 Å². The highest BCUT2D eigenvalue weighted by Gasteiger charge is 2.05. The zero-order valence-corrected chi connectivity index (χ0v) is 13.0. The number of aryl methyl sites for hydroxylation is 1. The van der Waals surface area contributed by atoms with Gasteiger partial charge in [0.25, 0.3) is 11.8 Å². The first-order valence-corrected chi connectivity index (χ1v) is 7.07. The second-order valence-electron chi connectivity index (χ2n) is 4.92. The summed E-state index contributed by atoms with van der Waals surface area (Å²) in [6.07, 6.45) is 2.99. The predicted molar refractivity (Wildman–Crippen MR) is 88.8 cm³/mol. The van der Waals surface area contributed by atoms with Crippen LogP contribution in [0.25, 0.3) is 6.08 Å². The molecule has 23 heavy (non-hydrogen) atoms. The molecule has 0 aliphatic carbocycles. The fourth-order valence-electron chi connectivity index (χ4n) is 1.82. The van der Waals surface area contributed by atoms with Crippen LogP contribution in [-0.4, -0.2) is 18.9 Å². The van der Waals surface area contributed by atoms with E-state index in [1.165, 1.54) is 6.08 Å². The second-order valence-corrected chi connectivity index (χ2v) is 4.92. The number of hydrogen-bond acceptors (Lipinski definition) is 3. The van der Waals surface area contributed by atoms with Gasteiger partial charge in [0.1, 0.15) is 5.75 Å². The van der Waals surface area contributed by atoms with Crippen molar-refractivity contribution in [1.82, 2.24) is 10.9 Å². The van der Waals surface area contributed by atoms with Crippen LogP contribution in [0.15, 0.2) is 54.6 Å². The maximum atomic E-state index is 11.8. The van der Waals surface area contributed by atoms with Crippen molar-refractivity contribution in [3.63, 3.8) is 0 Å². The minimum absolute atomic E-state index is 0.365. The van der Waals surface area contributed by atoms with Gasteiger partial charge >= 0.3 is 0 Å². The third-order valence-electron chi connectivity index (χ3n) is 3.16. The molecule has 5 nitrogen and oxygen atoms in total. The van der Waals surface area contributed by atoms with Gasteiger partial charge in [-0.25, -0.2) is 0 Å². The van der Waals surface area contributed by atoms with Gasteiger partial charge < -0.3 is 4.74 Å². The lowest BCUT2D eigenvalue weighted by atomic mass is 10.1. The van der Waals surface area contributed by atoms with Crippen molar-refractivity contribution >= 4 is 17.9 Å². The number of benzene rings is 2. The number of rotatable bonds is 4. The van der Waals surface area contributed by atoms with Crippen molar-refractivity contribution in [1.29, 1.82) is 0 Å². The Bertz CT molecular complexity index is 704. The summed E-state index contributed by atoms with van der Waals surface area (Å²) < 4.78 is 5.06. The fourth-order valence-corrected chi connectivity index (χ4v) is 1.82. The number of carbonyl (C=O) groups is 2. The zero-order chi connectivity index (χ0) is 16.7. The number of amides is 2. The molecule has 2 amide bonds. The molecule has 0 spiro atoms. The van der Waals surface area contributed by atoms with Crippen LogP contribution in [0.3, 0.4) is 0 Å². The molecule has 0 unspecified atom stereocenters. The van der Waals surface area contributed by atoms with Crippen LogP contribution in [0.2, 0.25) is 0 Å². The molecule has 118 valence electrons. The first-order chi connectivity index (χ1) is 11.1. The lowest BCUT2D eigenvalue weighted by Gasteiger charge is -2.05. The van der Waals surface area contributed by atoms with Gasteiger partial charge in [-0.1, -0.05) is 29.8 Å². The van der Waals surface area contributed by atoms with Crippen LogP contribution in [0.5, 0.6) is 5.75 Å². The number of ether oxygens (including phenoxy) is 1. The maximum absolute atomic E-state index is 11.8. The summed E-state index contributed by atoms with van der Waals surface area (Å²) in [4.78, 5) is 23.5. The summed E-state index contributed by atoms with van der Waals surface area (Å²) in [5.74, 6) is -0.0329. The van der Waals surface area contributed by atoms with Gasteiger partial charge in [0, 0.05) is 11.6 Å². The van der Waals surface area contributed by atoms with Crippen molar-refractivity contribution < 1.29 is 14.3 Å². The van der Waals surface area contributed by atoms with Crippen LogP contribution in [0.4, 0.5) is 0 Å². The Hall–Kier alpha value is -3.08. The highest BCUT2D eigenvalue weighted by Crippen LogP contribution is 2.12. The predicted octanol–water partition coefficient (Wildman–Crippen LogP) is 2.48. The van der Waals surface area contributed by atoms with Crippen molar-refractivity contribution in [2.45, 2.75) is 6.92 Å². The monoisotopic (exact) mass is 310 g/mol. The Morgan fingerprint density at radius 2 is 1.61 bits per heavy atom. The number of methoxy groups -OCH3 is 1. The van der Waals surface area contributed by atoms with E-state index in [9.17, 15) is 9.59 Å². The Labute approximate surface area is 134 Å². The van der Waals surface area contributed by atoms with Crippen molar-refractivity contribution in [2.24, 2.45) is 0 Å². The third kappa shape index (κ3) is 5.00. The summed E-state index contributed by atoms with van der Waals surface area (Å²) in [5, 5.41) is 0. The number of hydrogen-bond donors (Lipinski definition) is 2. The van der Waals surface area contributed by atoms with Crippen LogP contribution in [-0.2, 0) is 4.79 Å². The normalized spacial score (nSPS) is 10.3. The summed E-state index contributed by atoms with van der Waals surface area (Å²) in [6, 6.07) is 14.3. The molecule has 0 radical (unpaired) electrons. The summed E-state index contributed by atoms with van der Waals surface area (Å²) in [5.41, 5.74) is 7.10. The van der Waals surface area contributed by atoms with E-state index in [2.05, 4.69) is 10.9 Å². The smallest absolute Gasteiger partial charge is 0.269 e.